The van der Waals surface area contributed by atoms with Gasteiger partial charge in [0, 0.05) is 18.5 Å². The van der Waals surface area contributed by atoms with Crippen molar-refractivity contribution in [3.8, 4) is 0 Å². The van der Waals surface area contributed by atoms with Crippen molar-refractivity contribution in [2.45, 2.75) is 69.7 Å². The molecule has 2 N–H and O–H groups in total. The van der Waals surface area contributed by atoms with Crippen molar-refractivity contribution in [3.63, 3.8) is 0 Å². The summed E-state index contributed by atoms with van der Waals surface area (Å²) in [4.78, 5) is 37.6. The molecule has 0 aromatic carbocycles. The fourth-order valence-electron chi connectivity index (χ4n) is 6.88. The van der Waals surface area contributed by atoms with Crippen LogP contribution in [-0.2, 0) is 14.3 Å². The van der Waals surface area contributed by atoms with Gasteiger partial charge in [0.25, 0.3) is 0 Å². The van der Waals surface area contributed by atoms with Gasteiger partial charge >= 0.3 is 12.0 Å². The lowest BCUT2D eigenvalue weighted by Crippen LogP contribution is -2.61. The van der Waals surface area contributed by atoms with Gasteiger partial charge in [0.05, 0.1) is 7.11 Å². The molecule has 0 aromatic heterocycles. The lowest BCUT2D eigenvalue weighted by molar-refractivity contribution is -0.151. The Balaban J connectivity index is 1.11. The number of Topliss-reactive ketones (excluding diaryl/α,β-unsaturated/α-hetero) is 1. The minimum atomic E-state index is -0.744. The van der Waals surface area contributed by atoms with E-state index in [1.165, 1.54) is 45.6 Å². The summed E-state index contributed by atoms with van der Waals surface area (Å²) in [6, 6.07) is 0.0284. The molecule has 0 aromatic rings. The Morgan fingerprint density at radius 2 is 1.60 bits per heavy atom. The Hall–Kier alpha value is -1.63. The van der Waals surface area contributed by atoms with E-state index in [4.69, 9.17) is 0 Å². The Labute approximate surface area is 179 Å². The minimum Gasteiger partial charge on any atom is -0.463 e. The Kier molecular flexibility index (Phi) is 6.66. The van der Waals surface area contributed by atoms with E-state index in [-0.39, 0.29) is 18.0 Å². The van der Waals surface area contributed by atoms with Crippen LogP contribution >= 0.6 is 0 Å². The molecule has 5 aliphatic rings. The zero-order valence-electron chi connectivity index (χ0n) is 18.3. The second-order valence-electron chi connectivity index (χ2n) is 10.3. The summed E-state index contributed by atoms with van der Waals surface area (Å²) in [6.45, 7) is 3.53. The number of esters is 1. The van der Waals surface area contributed by atoms with Gasteiger partial charge in [-0.1, -0.05) is 0 Å². The number of hydrogen-bond donors (Lipinski definition) is 2. The molecule has 4 saturated carbocycles. The van der Waals surface area contributed by atoms with Gasteiger partial charge in [0.2, 0.25) is 5.78 Å². The zero-order chi connectivity index (χ0) is 21.1. The first-order valence-corrected chi connectivity index (χ1v) is 11.8. The van der Waals surface area contributed by atoms with Crippen LogP contribution in [0.3, 0.4) is 0 Å². The SMILES string of the molecule is COC(=O)C(=O)CCCN1CCC(CNC(=O)NC23CC4CC(CC(C4)C2)C3)CC1. The molecule has 5 rings (SSSR count). The number of ether oxygens (including phenoxy) is 1. The van der Waals surface area contributed by atoms with Crippen LogP contribution in [0, 0.1) is 23.7 Å². The number of nitrogens with one attached hydrogen (secondary N) is 2. The summed E-state index contributed by atoms with van der Waals surface area (Å²) in [5.74, 6) is 1.84. The molecule has 30 heavy (non-hydrogen) atoms. The summed E-state index contributed by atoms with van der Waals surface area (Å²) in [5.41, 5.74) is 0.0732. The first-order chi connectivity index (χ1) is 14.4. The van der Waals surface area contributed by atoms with Crippen LogP contribution in [-0.4, -0.2) is 61.5 Å². The number of amides is 2. The van der Waals surface area contributed by atoms with Crippen molar-refractivity contribution < 1.29 is 19.1 Å². The first-order valence-electron chi connectivity index (χ1n) is 11.8. The van der Waals surface area contributed by atoms with Crippen LogP contribution < -0.4 is 10.6 Å². The zero-order valence-corrected chi connectivity index (χ0v) is 18.3. The quantitative estimate of drug-likeness (QED) is 0.466. The fraction of sp³-hybridized carbons (Fsp3) is 0.870. The highest BCUT2D eigenvalue weighted by Gasteiger charge is 2.51. The second kappa shape index (κ2) is 9.25. The summed E-state index contributed by atoms with van der Waals surface area (Å²) in [6.07, 6.45) is 10.8. The van der Waals surface area contributed by atoms with Crippen LogP contribution in [0.25, 0.3) is 0 Å². The van der Waals surface area contributed by atoms with Crippen LogP contribution in [0.2, 0.25) is 0 Å². The molecule has 4 bridgehead atoms. The predicted octanol–water partition coefficient (Wildman–Crippen LogP) is 2.49. The smallest absolute Gasteiger partial charge is 0.374 e. The van der Waals surface area contributed by atoms with E-state index in [9.17, 15) is 14.4 Å². The van der Waals surface area contributed by atoms with Crippen molar-refractivity contribution in [3.05, 3.63) is 0 Å². The normalized spacial score (nSPS) is 33.3. The number of rotatable bonds is 8. The minimum absolute atomic E-state index is 0.0284. The molecule has 0 radical (unpaired) electrons. The van der Waals surface area contributed by atoms with Gasteiger partial charge in [0.1, 0.15) is 0 Å². The van der Waals surface area contributed by atoms with Crippen molar-refractivity contribution in [2.24, 2.45) is 23.7 Å². The van der Waals surface area contributed by atoms with Crippen molar-refractivity contribution >= 4 is 17.8 Å². The number of urea groups is 1. The fourth-order valence-corrected chi connectivity index (χ4v) is 6.88. The van der Waals surface area contributed by atoms with Gasteiger partial charge in [-0.15, -0.1) is 0 Å². The van der Waals surface area contributed by atoms with Gasteiger partial charge in [-0.2, -0.15) is 0 Å². The molecule has 0 unspecified atom stereocenters. The monoisotopic (exact) mass is 419 g/mol. The number of carbonyl (C=O) groups excluding carboxylic acids is 3. The summed E-state index contributed by atoms with van der Waals surface area (Å²) < 4.78 is 4.45. The summed E-state index contributed by atoms with van der Waals surface area (Å²) >= 11 is 0. The maximum Gasteiger partial charge on any atom is 0.374 e. The maximum absolute atomic E-state index is 12.6. The first kappa shape index (κ1) is 21.6. The molecule has 7 nitrogen and oxygen atoms in total. The molecule has 0 atom stereocenters. The second-order valence-corrected chi connectivity index (χ2v) is 10.3. The van der Waals surface area contributed by atoms with E-state index in [2.05, 4.69) is 20.3 Å². The third-order valence-corrected chi connectivity index (χ3v) is 7.97. The van der Waals surface area contributed by atoms with Crippen LogP contribution in [0.5, 0.6) is 0 Å². The number of nitrogens with zero attached hydrogens (tertiary/aromatic N) is 1. The van der Waals surface area contributed by atoms with Crippen LogP contribution in [0.4, 0.5) is 4.79 Å². The Bertz CT molecular complexity index is 622. The predicted molar refractivity (Wildman–Crippen MR) is 113 cm³/mol. The summed E-state index contributed by atoms with van der Waals surface area (Å²) in [5, 5.41) is 6.55. The van der Waals surface area contributed by atoms with Gasteiger partial charge in [0.15, 0.2) is 0 Å². The molecule has 7 heteroatoms. The Morgan fingerprint density at radius 1 is 1.00 bits per heavy atom. The number of carbonyl (C=O) groups is 3. The van der Waals surface area contributed by atoms with Crippen LogP contribution in [0.1, 0.15) is 64.2 Å². The molecule has 1 saturated heterocycles. The topological polar surface area (TPSA) is 87.7 Å². The maximum atomic E-state index is 12.6. The lowest BCUT2D eigenvalue weighted by atomic mass is 9.53. The third kappa shape index (κ3) is 5.16. The Morgan fingerprint density at radius 3 is 2.17 bits per heavy atom. The van der Waals surface area contributed by atoms with E-state index >= 15 is 0 Å². The van der Waals surface area contributed by atoms with E-state index in [1.54, 1.807) is 0 Å². The van der Waals surface area contributed by atoms with Gasteiger partial charge in [-0.3, -0.25) is 4.79 Å². The van der Waals surface area contributed by atoms with Crippen molar-refractivity contribution in [2.75, 3.05) is 33.3 Å². The highest BCUT2D eigenvalue weighted by atomic mass is 16.5. The summed E-state index contributed by atoms with van der Waals surface area (Å²) in [7, 11) is 1.24. The highest BCUT2D eigenvalue weighted by Crippen LogP contribution is 2.55. The number of ketones is 1. The molecule has 1 heterocycles. The molecule has 5 fully saturated rings. The molecule has 4 aliphatic carbocycles. The standard InChI is InChI=1S/C23H37N3O4/c1-30-21(28)20(27)3-2-6-26-7-4-16(5-8-26)15-24-22(29)25-23-12-17-9-18(13-23)11-19(10-17)14-23/h16-19H,2-15H2,1H3,(H2,24,25,29). The number of methoxy groups -OCH3 is 1. The van der Waals surface area contributed by atoms with Crippen molar-refractivity contribution in [1.82, 2.24) is 15.5 Å². The van der Waals surface area contributed by atoms with E-state index in [0.717, 1.165) is 56.8 Å². The van der Waals surface area contributed by atoms with Crippen molar-refractivity contribution in [1.29, 1.82) is 0 Å². The molecular weight excluding hydrogens is 382 g/mol. The molecule has 0 spiro atoms. The van der Waals surface area contributed by atoms with E-state index in [1.807, 2.05) is 0 Å². The average Bonchev–Trinajstić information content (AvgIpc) is 2.71. The molecule has 1 aliphatic heterocycles. The number of hydrogen-bond acceptors (Lipinski definition) is 5. The van der Waals surface area contributed by atoms with Gasteiger partial charge in [-0.25, -0.2) is 9.59 Å². The largest absolute Gasteiger partial charge is 0.463 e. The number of piperidine rings is 1. The van der Waals surface area contributed by atoms with E-state index in [0.29, 0.717) is 12.3 Å². The molecule has 168 valence electrons. The molecular formula is C23H37N3O4. The van der Waals surface area contributed by atoms with E-state index < -0.39 is 11.8 Å². The van der Waals surface area contributed by atoms with Gasteiger partial charge in [-0.05, 0) is 101 Å². The lowest BCUT2D eigenvalue weighted by Gasteiger charge is -2.56. The number of likely N-dealkylation sites (tertiary alicyclic amines) is 1. The van der Waals surface area contributed by atoms with Gasteiger partial charge < -0.3 is 20.3 Å². The van der Waals surface area contributed by atoms with Crippen LogP contribution in [0.15, 0.2) is 0 Å². The molecule has 2 amide bonds. The third-order valence-electron chi connectivity index (χ3n) is 7.97. The highest BCUT2D eigenvalue weighted by molar-refractivity contribution is 6.33. The average molecular weight is 420 g/mol.